The van der Waals surface area contributed by atoms with Gasteiger partial charge in [0.1, 0.15) is 0 Å². The number of benzene rings is 2. The molecule has 146 valence electrons. The first-order valence-corrected chi connectivity index (χ1v) is 8.47. The van der Waals surface area contributed by atoms with Crippen LogP contribution in [0.1, 0.15) is 38.0 Å². The normalized spacial score (nSPS) is 10.3. The second-order valence-corrected chi connectivity index (χ2v) is 6.13. The van der Waals surface area contributed by atoms with Crippen LogP contribution in [-0.2, 0) is 0 Å². The van der Waals surface area contributed by atoms with Crippen molar-refractivity contribution in [3.05, 3.63) is 89.2 Å². The van der Waals surface area contributed by atoms with E-state index in [2.05, 4.69) is 15.6 Å². The standard InChI is InChI=1S/C21H15F2N3O3/c1-12(27)13-2-4-16(5-3-13)25-20(28)14-8-15(11-24-10-14)21(29)26-17-6-7-18(22)19(23)9-17/h2-11H,1H3,(H,25,28)(H,26,29). The second kappa shape index (κ2) is 8.39. The molecule has 6 nitrogen and oxygen atoms in total. The van der Waals surface area contributed by atoms with Crippen LogP contribution in [0.2, 0.25) is 0 Å². The summed E-state index contributed by atoms with van der Waals surface area (Å²) in [4.78, 5) is 39.9. The topological polar surface area (TPSA) is 88.2 Å². The van der Waals surface area contributed by atoms with E-state index in [9.17, 15) is 23.2 Å². The van der Waals surface area contributed by atoms with Crippen molar-refractivity contribution in [1.82, 2.24) is 4.98 Å². The number of anilines is 2. The highest BCUT2D eigenvalue weighted by molar-refractivity contribution is 6.08. The van der Waals surface area contributed by atoms with Crippen LogP contribution in [0.5, 0.6) is 0 Å². The lowest BCUT2D eigenvalue weighted by atomic mass is 10.1. The van der Waals surface area contributed by atoms with Gasteiger partial charge in [0.15, 0.2) is 17.4 Å². The Labute approximate surface area is 164 Å². The quantitative estimate of drug-likeness (QED) is 0.638. The Bertz CT molecular complexity index is 1100. The molecule has 0 unspecified atom stereocenters. The second-order valence-electron chi connectivity index (χ2n) is 6.13. The number of hydrogen-bond acceptors (Lipinski definition) is 4. The minimum atomic E-state index is -1.09. The lowest BCUT2D eigenvalue weighted by molar-refractivity contribution is 0.101. The average molecular weight is 395 g/mol. The average Bonchev–Trinajstić information content (AvgIpc) is 2.71. The molecular weight excluding hydrogens is 380 g/mol. The predicted molar refractivity (Wildman–Crippen MR) is 103 cm³/mol. The first-order valence-electron chi connectivity index (χ1n) is 8.47. The molecule has 1 aromatic heterocycles. The summed E-state index contributed by atoms with van der Waals surface area (Å²) in [6.45, 7) is 1.44. The van der Waals surface area contributed by atoms with Crippen molar-refractivity contribution in [2.24, 2.45) is 0 Å². The first kappa shape index (κ1) is 19.8. The van der Waals surface area contributed by atoms with E-state index in [4.69, 9.17) is 0 Å². The molecule has 2 amide bonds. The number of carbonyl (C=O) groups is 3. The van der Waals surface area contributed by atoms with E-state index in [1.54, 1.807) is 24.3 Å². The Morgan fingerprint density at radius 1 is 0.724 bits per heavy atom. The summed E-state index contributed by atoms with van der Waals surface area (Å²) in [5.74, 6) is -3.35. The van der Waals surface area contributed by atoms with Gasteiger partial charge in [0, 0.05) is 35.4 Å². The molecule has 0 fully saturated rings. The van der Waals surface area contributed by atoms with Crippen molar-refractivity contribution in [1.29, 1.82) is 0 Å². The van der Waals surface area contributed by atoms with Gasteiger partial charge in [0.25, 0.3) is 11.8 Å². The Balaban J connectivity index is 1.72. The zero-order valence-electron chi connectivity index (χ0n) is 15.2. The van der Waals surface area contributed by atoms with Crippen molar-refractivity contribution in [3.63, 3.8) is 0 Å². The van der Waals surface area contributed by atoms with Crippen molar-refractivity contribution in [2.75, 3.05) is 10.6 Å². The number of hydrogen-bond donors (Lipinski definition) is 2. The molecule has 29 heavy (non-hydrogen) atoms. The van der Waals surface area contributed by atoms with Gasteiger partial charge in [0.05, 0.1) is 11.1 Å². The van der Waals surface area contributed by atoms with Crippen molar-refractivity contribution < 1.29 is 23.2 Å². The van der Waals surface area contributed by atoms with Crippen LogP contribution < -0.4 is 10.6 Å². The molecule has 0 saturated carbocycles. The third-order valence-electron chi connectivity index (χ3n) is 3.99. The predicted octanol–water partition coefficient (Wildman–Crippen LogP) is 4.07. The molecule has 8 heteroatoms. The SMILES string of the molecule is CC(=O)c1ccc(NC(=O)c2cncc(C(=O)Nc3ccc(F)c(F)c3)c2)cc1. The molecule has 3 aromatic rings. The number of carbonyl (C=O) groups excluding carboxylic acids is 3. The van der Waals surface area contributed by atoms with E-state index in [1.807, 2.05) is 0 Å². The molecule has 0 atom stereocenters. The third kappa shape index (κ3) is 4.86. The summed E-state index contributed by atoms with van der Waals surface area (Å²) in [5, 5.41) is 5.05. The maximum atomic E-state index is 13.3. The van der Waals surface area contributed by atoms with Crippen LogP contribution in [0.25, 0.3) is 0 Å². The van der Waals surface area contributed by atoms with Crippen molar-refractivity contribution >= 4 is 29.0 Å². The van der Waals surface area contributed by atoms with Gasteiger partial charge in [-0.25, -0.2) is 8.78 Å². The van der Waals surface area contributed by atoms with E-state index in [-0.39, 0.29) is 22.6 Å². The van der Waals surface area contributed by atoms with Crippen molar-refractivity contribution in [3.8, 4) is 0 Å². The van der Waals surface area contributed by atoms with E-state index >= 15 is 0 Å². The highest BCUT2D eigenvalue weighted by Crippen LogP contribution is 2.16. The minimum Gasteiger partial charge on any atom is -0.322 e. The number of aromatic nitrogens is 1. The fourth-order valence-corrected chi connectivity index (χ4v) is 2.46. The number of nitrogens with zero attached hydrogens (tertiary/aromatic N) is 1. The van der Waals surface area contributed by atoms with E-state index < -0.39 is 23.4 Å². The van der Waals surface area contributed by atoms with Gasteiger partial charge < -0.3 is 10.6 Å². The molecule has 0 radical (unpaired) electrons. The van der Waals surface area contributed by atoms with Gasteiger partial charge >= 0.3 is 0 Å². The zero-order chi connectivity index (χ0) is 21.0. The highest BCUT2D eigenvalue weighted by atomic mass is 19.2. The number of nitrogens with one attached hydrogen (secondary N) is 2. The van der Waals surface area contributed by atoms with Gasteiger partial charge in [-0.05, 0) is 49.4 Å². The van der Waals surface area contributed by atoms with Crippen molar-refractivity contribution in [2.45, 2.75) is 6.92 Å². The summed E-state index contributed by atoms with van der Waals surface area (Å²) < 4.78 is 26.3. The molecule has 0 spiro atoms. The van der Waals surface area contributed by atoms with Gasteiger partial charge in [-0.1, -0.05) is 0 Å². The summed E-state index contributed by atoms with van der Waals surface area (Å²) in [5.41, 5.74) is 1.24. The fourth-order valence-electron chi connectivity index (χ4n) is 2.46. The van der Waals surface area contributed by atoms with Crippen LogP contribution in [0.4, 0.5) is 20.2 Å². The van der Waals surface area contributed by atoms with Crippen LogP contribution in [0, 0.1) is 11.6 Å². The monoisotopic (exact) mass is 395 g/mol. The van der Waals surface area contributed by atoms with Gasteiger partial charge in [-0.2, -0.15) is 0 Å². The lowest BCUT2D eigenvalue weighted by Gasteiger charge is -2.08. The highest BCUT2D eigenvalue weighted by Gasteiger charge is 2.13. The minimum absolute atomic E-state index is 0.0642. The Morgan fingerprint density at radius 3 is 1.83 bits per heavy atom. The number of pyridine rings is 1. The molecule has 2 aromatic carbocycles. The summed E-state index contributed by atoms with van der Waals surface area (Å²) in [7, 11) is 0. The van der Waals surface area contributed by atoms with E-state index in [0.29, 0.717) is 11.3 Å². The maximum absolute atomic E-state index is 13.3. The number of Topliss-reactive ketones (excluding diaryl/α,β-unsaturated/α-hetero) is 1. The fraction of sp³-hybridized carbons (Fsp3) is 0.0476. The molecule has 0 saturated heterocycles. The number of amides is 2. The molecule has 0 aliphatic rings. The van der Waals surface area contributed by atoms with Gasteiger partial charge in [-0.3, -0.25) is 19.4 Å². The Morgan fingerprint density at radius 2 is 1.28 bits per heavy atom. The number of ketones is 1. The van der Waals surface area contributed by atoms with Gasteiger partial charge in [0.2, 0.25) is 0 Å². The third-order valence-corrected chi connectivity index (χ3v) is 3.99. The molecule has 0 aliphatic heterocycles. The lowest BCUT2D eigenvalue weighted by Crippen LogP contribution is -2.16. The Hall–Kier alpha value is -3.94. The van der Waals surface area contributed by atoms with Crippen LogP contribution in [0.3, 0.4) is 0 Å². The smallest absolute Gasteiger partial charge is 0.257 e. The summed E-state index contributed by atoms with van der Waals surface area (Å²) in [6, 6.07) is 10.6. The zero-order valence-corrected chi connectivity index (χ0v) is 15.2. The first-order chi connectivity index (χ1) is 13.8. The summed E-state index contributed by atoms with van der Waals surface area (Å²) >= 11 is 0. The largest absolute Gasteiger partial charge is 0.322 e. The van der Waals surface area contributed by atoms with E-state index in [0.717, 1.165) is 12.1 Å². The van der Waals surface area contributed by atoms with Crippen LogP contribution >= 0.6 is 0 Å². The van der Waals surface area contributed by atoms with E-state index in [1.165, 1.54) is 31.5 Å². The van der Waals surface area contributed by atoms with Crippen LogP contribution in [0.15, 0.2) is 60.9 Å². The van der Waals surface area contributed by atoms with Crippen LogP contribution in [-0.4, -0.2) is 22.6 Å². The maximum Gasteiger partial charge on any atom is 0.257 e. The number of rotatable bonds is 5. The molecule has 3 rings (SSSR count). The molecule has 0 bridgehead atoms. The summed E-state index contributed by atoms with van der Waals surface area (Å²) in [6.07, 6.45) is 2.53. The molecule has 2 N–H and O–H groups in total. The Kier molecular flexibility index (Phi) is 5.73. The molecule has 0 aliphatic carbocycles. The number of halogens is 2. The van der Waals surface area contributed by atoms with Gasteiger partial charge in [-0.15, -0.1) is 0 Å². The molecular formula is C21H15F2N3O3. The molecule has 1 heterocycles.